The van der Waals surface area contributed by atoms with Crippen LogP contribution in [-0.2, 0) is 22.6 Å². The van der Waals surface area contributed by atoms with Crippen molar-refractivity contribution in [1.29, 1.82) is 0 Å². The van der Waals surface area contributed by atoms with E-state index in [2.05, 4.69) is 5.32 Å². The number of fused-ring (bicyclic) bond motifs is 1. The molecule has 4 rings (SSSR count). The van der Waals surface area contributed by atoms with Crippen molar-refractivity contribution in [1.82, 2.24) is 14.8 Å². The summed E-state index contributed by atoms with van der Waals surface area (Å²) >= 11 is 0. The lowest BCUT2D eigenvalue weighted by atomic mass is 10.1. The third kappa shape index (κ3) is 4.95. The van der Waals surface area contributed by atoms with Gasteiger partial charge in [0, 0.05) is 55.7 Å². The van der Waals surface area contributed by atoms with E-state index in [9.17, 15) is 13.6 Å². The maximum absolute atomic E-state index is 13.2. The van der Waals surface area contributed by atoms with Crippen molar-refractivity contribution >= 4 is 16.8 Å². The first-order valence-electron chi connectivity index (χ1n) is 10.5. The Balaban J connectivity index is 1.53. The second-order valence-corrected chi connectivity index (χ2v) is 8.30. The maximum Gasteiger partial charge on any atom is 0.253 e. The van der Waals surface area contributed by atoms with Crippen molar-refractivity contribution in [3.05, 3.63) is 36.0 Å². The van der Waals surface area contributed by atoms with Crippen LogP contribution in [0.4, 0.5) is 8.78 Å². The van der Waals surface area contributed by atoms with Crippen molar-refractivity contribution in [3.8, 4) is 0 Å². The molecule has 1 aliphatic carbocycles. The van der Waals surface area contributed by atoms with Crippen LogP contribution >= 0.6 is 0 Å². The first-order valence-corrected chi connectivity index (χ1v) is 10.5. The summed E-state index contributed by atoms with van der Waals surface area (Å²) < 4.78 is 34.1. The van der Waals surface area contributed by atoms with Gasteiger partial charge >= 0.3 is 0 Å². The van der Waals surface area contributed by atoms with Gasteiger partial charge in [-0.1, -0.05) is 18.2 Å². The first kappa shape index (κ1) is 20.3. The highest BCUT2D eigenvalue weighted by Gasteiger charge is 2.37. The van der Waals surface area contributed by atoms with Crippen LogP contribution < -0.4 is 5.32 Å². The average molecular weight is 405 g/mol. The Labute approximate surface area is 170 Å². The Morgan fingerprint density at radius 1 is 1.34 bits per heavy atom. The van der Waals surface area contributed by atoms with E-state index in [1.807, 2.05) is 39.9 Å². The zero-order valence-corrected chi connectivity index (χ0v) is 16.9. The molecule has 1 saturated carbocycles. The van der Waals surface area contributed by atoms with Crippen molar-refractivity contribution in [3.63, 3.8) is 0 Å². The lowest BCUT2D eigenvalue weighted by Gasteiger charge is -2.30. The average Bonchev–Trinajstić information content (AvgIpc) is 3.49. The molecule has 158 valence electrons. The summed E-state index contributed by atoms with van der Waals surface area (Å²) in [5.74, 6) is -2.60. The van der Waals surface area contributed by atoms with Crippen LogP contribution in [0.3, 0.4) is 0 Å². The normalized spacial score (nSPS) is 20.2. The summed E-state index contributed by atoms with van der Waals surface area (Å²) in [5, 5.41) is 4.31. The zero-order valence-electron chi connectivity index (χ0n) is 16.9. The van der Waals surface area contributed by atoms with Crippen LogP contribution in [0.2, 0.25) is 0 Å². The van der Waals surface area contributed by atoms with Gasteiger partial charge in [-0.2, -0.15) is 0 Å². The second-order valence-electron chi connectivity index (χ2n) is 8.30. The number of aromatic nitrogens is 1. The van der Waals surface area contributed by atoms with Crippen LogP contribution in [-0.4, -0.2) is 53.1 Å². The third-order valence-electron chi connectivity index (χ3n) is 5.70. The van der Waals surface area contributed by atoms with E-state index in [4.69, 9.17) is 4.74 Å². The molecule has 1 aromatic carbocycles. The molecular formula is C22H29F2N3O2. The summed E-state index contributed by atoms with van der Waals surface area (Å²) in [7, 11) is 0. The number of hydrogen-bond acceptors (Lipinski definition) is 3. The molecule has 1 saturated heterocycles. The monoisotopic (exact) mass is 405 g/mol. The van der Waals surface area contributed by atoms with E-state index < -0.39 is 12.0 Å². The smallest absolute Gasteiger partial charge is 0.253 e. The van der Waals surface area contributed by atoms with E-state index in [0.717, 1.165) is 42.8 Å². The molecule has 0 bridgehead atoms. The van der Waals surface area contributed by atoms with Crippen molar-refractivity contribution in [2.45, 2.75) is 63.8 Å². The number of carbonyl (C=O) groups is 1. The Morgan fingerprint density at radius 3 is 2.83 bits per heavy atom. The number of aryl methyl sites for hydroxylation is 1. The van der Waals surface area contributed by atoms with Gasteiger partial charge in [0.2, 0.25) is 5.92 Å². The molecule has 2 heterocycles. The highest BCUT2D eigenvalue weighted by Crippen LogP contribution is 2.32. The number of morpholine rings is 1. The number of para-hydroxylation sites is 1. The number of benzene rings is 1. The SMILES string of the molecule is CC(F)(F)CCCn1cc(CN(C(=O)C2CNCCO2)C2CC2)c2ccccc21. The minimum Gasteiger partial charge on any atom is -0.366 e. The molecule has 0 radical (unpaired) electrons. The van der Waals surface area contributed by atoms with Gasteiger partial charge in [0.1, 0.15) is 6.10 Å². The molecule has 5 nitrogen and oxygen atoms in total. The largest absolute Gasteiger partial charge is 0.366 e. The number of ether oxygens (including phenoxy) is 1. The van der Waals surface area contributed by atoms with Gasteiger partial charge in [-0.3, -0.25) is 4.79 Å². The van der Waals surface area contributed by atoms with Crippen LogP contribution in [0.15, 0.2) is 30.5 Å². The fourth-order valence-corrected chi connectivity index (χ4v) is 4.06. The van der Waals surface area contributed by atoms with Crippen LogP contribution in [0, 0.1) is 0 Å². The predicted octanol–water partition coefficient (Wildman–Crippen LogP) is 3.56. The fraction of sp³-hybridized carbons (Fsp3) is 0.591. The topological polar surface area (TPSA) is 46.5 Å². The lowest BCUT2D eigenvalue weighted by Crippen LogP contribution is -2.49. The molecule has 1 aliphatic heterocycles. The van der Waals surface area contributed by atoms with Crippen molar-refractivity contribution in [2.24, 2.45) is 0 Å². The number of nitrogens with one attached hydrogen (secondary N) is 1. The highest BCUT2D eigenvalue weighted by atomic mass is 19.3. The van der Waals surface area contributed by atoms with Gasteiger partial charge in [0.05, 0.1) is 6.61 Å². The lowest BCUT2D eigenvalue weighted by molar-refractivity contribution is -0.146. The van der Waals surface area contributed by atoms with Gasteiger partial charge in [0.25, 0.3) is 5.91 Å². The molecule has 2 aliphatic rings. The second kappa shape index (κ2) is 8.40. The number of halogens is 2. The van der Waals surface area contributed by atoms with Crippen LogP contribution in [0.1, 0.15) is 38.2 Å². The Hall–Kier alpha value is -1.99. The number of nitrogens with zero attached hydrogens (tertiary/aromatic N) is 2. The molecule has 1 aromatic heterocycles. The predicted molar refractivity (Wildman–Crippen MR) is 108 cm³/mol. The first-order chi connectivity index (χ1) is 13.9. The van der Waals surface area contributed by atoms with Gasteiger partial charge in [-0.25, -0.2) is 8.78 Å². The number of carbonyl (C=O) groups excluding carboxylic acids is 1. The minimum atomic E-state index is -2.64. The number of rotatable bonds is 8. The zero-order chi connectivity index (χ0) is 20.4. The summed E-state index contributed by atoms with van der Waals surface area (Å²) in [5.41, 5.74) is 2.09. The van der Waals surface area contributed by atoms with E-state index in [0.29, 0.717) is 32.7 Å². The highest BCUT2D eigenvalue weighted by molar-refractivity contribution is 5.86. The van der Waals surface area contributed by atoms with Gasteiger partial charge in [-0.15, -0.1) is 0 Å². The number of alkyl halides is 2. The van der Waals surface area contributed by atoms with Crippen LogP contribution in [0.25, 0.3) is 10.9 Å². The van der Waals surface area contributed by atoms with Crippen molar-refractivity contribution in [2.75, 3.05) is 19.7 Å². The molecule has 7 heteroatoms. The number of hydrogen-bond donors (Lipinski definition) is 1. The Morgan fingerprint density at radius 2 is 2.14 bits per heavy atom. The quantitative estimate of drug-likeness (QED) is 0.731. The molecule has 2 fully saturated rings. The van der Waals surface area contributed by atoms with Crippen LogP contribution in [0.5, 0.6) is 0 Å². The van der Waals surface area contributed by atoms with Gasteiger partial charge in [-0.05, 0) is 37.8 Å². The van der Waals surface area contributed by atoms with Crippen molar-refractivity contribution < 1.29 is 18.3 Å². The fourth-order valence-electron chi connectivity index (χ4n) is 4.06. The summed E-state index contributed by atoms with van der Waals surface area (Å²) in [6.45, 7) is 3.91. The molecule has 1 unspecified atom stereocenters. The van der Waals surface area contributed by atoms with E-state index in [1.54, 1.807) is 0 Å². The molecule has 0 spiro atoms. The Bertz CT molecular complexity index is 851. The molecule has 1 amide bonds. The van der Waals surface area contributed by atoms with Gasteiger partial charge in [0.15, 0.2) is 0 Å². The minimum absolute atomic E-state index is 0.0437. The number of amides is 1. The summed E-state index contributed by atoms with van der Waals surface area (Å²) in [6.07, 6.45) is 3.93. The third-order valence-corrected chi connectivity index (χ3v) is 5.70. The van der Waals surface area contributed by atoms with E-state index in [1.165, 1.54) is 0 Å². The Kier molecular flexibility index (Phi) is 5.88. The summed E-state index contributed by atoms with van der Waals surface area (Å²) in [6, 6.07) is 8.27. The summed E-state index contributed by atoms with van der Waals surface area (Å²) in [4.78, 5) is 15.0. The van der Waals surface area contributed by atoms with E-state index >= 15 is 0 Å². The molecule has 2 aromatic rings. The molecule has 29 heavy (non-hydrogen) atoms. The molecule has 1 N–H and O–H groups in total. The standard InChI is InChI=1S/C22H29F2N3O2/c1-22(23,24)9-4-11-26-14-16(18-5-2-3-6-19(18)26)15-27(17-7-8-17)21(28)20-13-25-10-12-29-20/h2-3,5-6,14,17,20,25H,4,7-13,15H2,1H3. The van der Waals surface area contributed by atoms with E-state index in [-0.39, 0.29) is 18.4 Å². The molecular weight excluding hydrogens is 376 g/mol. The molecule has 1 atom stereocenters. The maximum atomic E-state index is 13.2. The van der Waals surface area contributed by atoms with Gasteiger partial charge < -0.3 is 19.5 Å².